The number of carbonyl (C=O) groups is 3. The van der Waals surface area contributed by atoms with Gasteiger partial charge in [-0.25, -0.2) is 4.79 Å². The Kier molecular flexibility index (Phi) is 8.08. The summed E-state index contributed by atoms with van der Waals surface area (Å²) in [5.74, 6) is -3.04. The molecule has 5 atom stereocenters. The zero-order chi connectivity index (χ0) is 27.9. The Bertz CT molecular complexity index is 1130. The Balaban J connectivity index is 2.01. The van der Waals surface area contributed by atoms with Crippen LogP contribution in [-0.4, -0.2) is 49.7 Å². The van der Waals surface area contributed by atoms with Gasteiger partial charge in [-0.05, 0) is 58.1 Å². The van der Waals surface area contributed by atoms with E-state index in [1.54, 1.807) is 13.0 Å². The van der Waals surface area contributed by atoms with E-state index in [9.17, 15) is 34.8 Å². The first-order valence-corrected chi connectivity index (χ1v) is 13.1. The molecule has 0 spiro atoms. The van der Waals surface area contributed by atoms with Crippen LogP contribution in [-0.2, 0) is 31.9 Å². The fourth-order valence-electron chi connectivity index (χ4n) is 5.80. The van der Waals surface area contributed by atoms with Gasteiger partial charge in [-0.3, -0.25) is 9.59 Å². The monoisotopic (exact) mass is 516 g/mol. The van der Waals surface area contributed by atoms with Crippen LogP contribution in [0.25, 0.3) is 0 Å². The van der Waals surface area contributed by atoms with Crippen molar-refractivity contribution in [3.63, 3.8) is 0 Å². The molecule has 4 N–H and O–H groups in total. The number of Topliss-reactive ketones (excluding diaryl/α,β-unsaturated/α-hetero) is 2. The second-order valence-corrected chi connectivity index (χ2v) is 11.3. The predicted molar refractivity (Wildman–Crippen MR) is 137 cm³/mol. The van der Waals surface area contributed by atoms with Crippen molar-refractivity contribution in [1.82, 2.24) is 0 Å². The van der Waals surface area contributed by atoms with Crippen LogP contribution in [0.5, 0.6) is 5.75 Å². The smallest absolute Gasteiger partial charge is 0.334 e. The highest BCUT2D eigenvalue weighted by Crippen LogP contribution is 2.49. The number of aromatic hydroxyl groups is 1. The molecule has 8 heteroatoms. The zero-order valence-corrected chi connectivity index (χ0v) is 22.7. The SMILES string of the molecule is CCCCCC[C@H](C)/C=C(\C)C(=O)O[C@@]1(C)C(=O)c2c(cc(O)c3c2C[C@H](O)C[C@]3(C)O)[C@](C)(O)C1=O. The topological polar surface area (TPSA) is 141 Å². The highest BCUT2D eigenvalue weighted by atomic mass is 16.6. The van der Waals surface area contributed by atoms with Crippen LogP contribution in [0.4, 0.5) is 0 Å². The summed E-state index contributed by atoms with van der Waals surface area (Å²) in [6.45, 7) is 9.43. The zero-order valence-electron chi connectivity index (χ0n) is 22.7. The molecule has 2 aliphatic carbocycles. The number of benzene rings is 1. The maximum Gasteiger partial charge on any atom is 0.334 e. The average Bonchev–Trinajstić information content (AvgIpc) is 2.78. The van der Waals surface area contributed by atoms with E-state index in [1.807, 2.05) is 6.92 Å². The second-order valence-electron chi connectivity index (χ2n) is 11.3. The summed E-state index contributed by atoms with van der Waals surface area (Å²) >= 11 is 0. The molecule has 0 aromatic heterocycles. The van der Waals surface area contributed by atoms with Crippen LogP contribution >= 0.6 is 0 Å². The molecule has 2 aliphatic rings. The molecule has 1 aromatic rings. The van der Waals surface area contributed by atoms with Crippen molar-refractivity contribution < 1.29 is 39.5 Å². The summed E-state index contributed by atoms with van der Waals surface area (Å²) in [5, 5.41) is 43.3. The Hall–Kier alpha value is -2.55. The van der Waals surface area contributed by atoms with Crippen molar-refractivity contribution in [2.24, 2.45) is 5.92 Å². The lowest BCUT2D eigenvalue weighted by atomic mass is 9.65. The van der Waals surface area contributed by atoms with Gasteiger partial charge in [0.15, 0.2) is 5.60 Å². The molecular formula is C29H40O8. The van der Waals surface area contributed by atoms with Crippen LogP contribution < -0.4 is 0 Å². The number of aliphatic hydroxyl groups excluding tert-OH is 1. The number of aliphatic hydroxyl groups is 3. The minimum atomic E-state index is -2.34. The largest absolute Gasteiger partial charge is 0.508 e. The number of esters is 1. The number of hydrogen-bond donors (Lipinski definition) is 4. The minimum absolute atomic E-state index is 0.0525. The van der Waals surface area contributed by atoms with Gasteiger partial charge in [0.05, 0.1) is 11.7 Å². The molecule has 0 amide bonds. The molecule has 1 aromatic carbocycles. The Morgan fingerprint density at radius 2 is 1.84 bits per heavy atom. The number of allylic oxidation sites excluding steroid dienone is 1. The lowest BCUT2D eigenvalue weighted by molar-refractivity contribution is -0.167. The number of ketones is 2. The summed E-state index contributed by atoms with van der Waals surface area (Å²) in [6, 6.07) is 1.10. The van der Waals surface area contributed by atoms with Crippen LogP contribution in [0.15, 0.2) is 17.7 Å². The highest BCUT2D eigenvalue weighted by Gasteiger charge is 2.60. The molecule has 8 nitrogen and oxygen atoms in total. The van der Waals surface area contributed by atoms with Gasteiger partial charge in [-0.1, -0.05) is 45.6 Å². The number of phenolic OH excluding ortho intramolecular Hbond substituents is 1. The standard InChI is InChI=1S/C29H40O8/c1-7-8-9-10-11-16(2)12-17(3)25(33)37-29(6)24(32)22-19-13-18(30)15-27(4,35)23(19)21(31)14-20(22)28(5,36)26(29)34/h12,14,16,18,30-31,35-36H,7-11,13,15H2,1-6H3/b17-12+/t16-,18-,27-,28-,29-/m0/s1. The fraction of sp³-hybridized carbons (Fsp3) is 0.621. The van der Waals surface area contributed by atoms with E-state index in [-0.39, 0.29) is 52.3 Å². The van der Waals surface area contributed by atoms with Crippen molar-refractivity contribution in [1.29, 1.82) is 0 Å². The summed E-state index contributed by atoms with van der Waals surface area (Å²) in [4.78, 5) is 40.3. The van der Waals surface area contributed by atoms with Gasteiger partial charge in [0.2, 0.25) is 17.2 Å². The Morgan fingerprint density at radius 3 is 2.46 bits per heavy atom. The molecule has 0 radical (unpaired) electrons. The van der Waals surface area contributed by atoms with Gasteiger partial charge < -0.3 is 25.2 Å². The van der Waals surface area contributed by atoms with Crippen LogP contribution in [0.3, 0.4) is 0 Å². The molecular weight excluding hydrogens is 476 g/mol. The third-order valence-electron chi connectivity index (χ3n) is 7.75. The van der Waals surface area contributed by atoms with E-state index in [2.05, 4.69) is 6.92 Å². The number of ether oxygens (including phenoxy) is 1. The molecule has 37 heavy (non-hydrogen) atoms. The Labute approximate surface area is 218 Å². The number of carbonyl (C=O) groups excluding carboxylic acids is 3. The number of phenols is 1. The molecule has 3 rings (SSSR count). The van der Waals surface area contributed by atoms with E-state index < -0.39 is 40.4 Å². The van der Waals surface area contributed by atoms with E-state index in [1.165, 1.54) is 13.8 Å². The predicted octanol–water partition coefficient (Wildman–Crippen LogP) is 3.73. The van der Waals surface area contributed by atoms with Gasteiger partial charge in [0, 0.05) is 28.7 Å². The highest BCUT2D eigenvalue weighted by molar-refractivity contribution is 6.25. The molecule has 0 saturated heterocycles. The molecule has 0 unspecified atom stereocenters. The van der Waals surface area contributed by atoms with Crippen LogP contribution in [0, 0.1) is 5.92 Å². The van der Waals surface area contributed by atoms with E-state index in [0.717, 1.165) is 45.1 Å². The van der Waals surface area contributed by atoms with E-state index >= 15 is 0 Å². The Morgan fingerprint density at radius 1 is 1.19 bits per heavy atom. The average molecular weight is 517 g/mol. The quantitative estimate of drug-likeness (QED) is 0.177. The summed E-state index contributed by atoms with van der Waals surface area (Å²) < 4.78 is 5.55. The summed E-state index contributed by atoms with van der Waals surface area (Å²) in [7, 11) is 0. The number of rotatable bonds is 8. The van der Waals surface area contributed by atoms with Gasteiger partial charge in [0.25, 0.3) is 0 Å². The van der Waals surface area contributed by atoms with Crippen LogP contribution in [0.2, 0.25) is 0 Å². The first kappa shape index (κ1) is 29.0. The lowest BCUT2D eigenvalue weighted by Gasteiger charge is -2.43. The lowest BCUT2D eigenvalue weighted by Crippen LogP contribution is -2.60. The van der Waals surface area contributed by atoms with Crippen molar-refractivity contribution in [2.45, 2.75) is 109 Å². The molecule has 0 saturated carbocycles. The van der Waals surface area contributed by atoms with Crippen molar-refractivity contribution in [3.8, 4) is 5.75 Å². The fourth-order valence-corrected chi connectivity index (χ4v) is 5.80. The van der Waals surface area contributed by atoms with E-state index in [0.29, 0.717) is 0 Å². The molecule has 0 aliphatic heterocycles. The summed E-state index contributed by atoms with van der Waals surface area (Å²) in [5.41, 5.74) is -6.11. The molecule has 204 valence electrons. The van der Waals surface area contributed by atoms with Crippen molar-refractivity contribution in [2.75, 3.05) is 0 Å². The molecule has 0 fully saturated rings. The number of unbranched alkanes of at least 4 members (excludes halogenated alkanes) is 3. The molecule has 0 heterocycles. The number of fused-ring (bicyclic) bond motifs is 3. The van der Waals surface area contributed by atoms with Crippen molar-refractivity contribution >= 4 is 17.5 Å². The maximum absolute atomic E-state index is 13.8. The first-order chi connectivity index (χ1) is 17.1. The normalized spacial score (nSPS) is 30.5. The maximum atomic E-state index is 13.8. The minimum Gasteiger partial charge on any atom is -0.508 e. The third-order valence-corrected chi connectivity index (χ3v) is 7.75. The first-order valence-electron chi connectivity index (χ1n) is 13.1. The molecule has 0 bridgehead atoms. The van der Waals surface area contributed by atoms with Crippen molar-refractivity contribution in [3.05, 3.63) is 40.0 Å². The van der Waals surface area contributed by atoms with Crippen LogP contribution in [0.1, 0.15) is 107 Å². The van der Waals surface area contributed by atoms with Gasteiger partial charge >= 0.3 is 5.97 Å². The van der Waals surface area contributed by atoms with E-state index in [4.69, 9.17) is 4.74 Å². The number of hydrogen-bond acceptors (Lipinski definition) is 8. The van der Waals surface area contributed by atoms with Gasteiger partial charge in [-0.15, -0.1) is 0 Å². The van der Waals surface area contributed by atoms with Gasteiger partial charge in [-0.2, -0.15) is 0 Å². The second kappa shape index (κ2) is 10.3. The summed E-state index contributed by atoms with van der Waals surface area (Å²) in [6.07, 6.45) is 5.87. The van der Waals surface area contributed by atoms with Gasteiger partial charge in [0.1, 0.15) is 5.75 Å². The third kappa shape index (κ3) is 5.24.